The average molecular weight is 247 g/mol. The predicted octanol–water partition coefficient (Wildman–Crippen LogP) is 2.46. The number of nitrogens with zero attached hydrogens (tertiary/aromatic N) is 1. The highest BCUT2D eigenvalue weighted by molar-refractivity contribution is 5.70. The van der Waals surface area contributed by atoms with Crippen molar-refractivity contribution in [1.82, 2.24) is 4.90 Å². The second-order valence-electron chi connectivity index (χ2n) is 5.50. The summed E-state index contributed by atoms with van der Waals surface area (Å²) in [5.41, 5.74) is 3.96. The molecule has 2 rings (SSSR count). The van der Waals surface area contributed by atoms with Gasteiger partial charge in [-0.15, -0.1) is 0 Å². The van der Waals surface area contributed by atoms with Crippen molar-refractivity contribution < 1.29 is 9.90 Å². The molecular weight excluding hydrogens is 226 g/mol. The van der Waals surface area contributed by atoms with Gasteiger partial charge in [-0.25, -0.2) is 0 Å². The van der Waals surface area contributed by atoms with Gasteiger partial charge in [-0.1, -0.05) is 25.1 Å². The molecule has 3 heteroatoms. The Labute approximate surface area is 108 Å². The highest BCUT2D eigenvalue weighted by Gasteiger charge is 2.34. The van der Waals surface area contributed by atoms with Crippen LogP contribution in [0.15, 0.2) is 18.2 Å². The summed E-state index contributed by atoms with van der Waals surface area (Å²) in [6.07, 6.45) is 0. The van der Waals surface area contributed by atoms with E-state index in [4.69, 9.17) is 5.11 Å². The second kappa shape index (κ2) is 5.11. The number of aliphatic carboxylic acids is 1. The first-order chi connectivity index (χ1) is 8.47. The number of likely N-dealkylation sites (tertiary alicyclic amines) is 1. The van der Waals surface area contributed by atoms with E-state index in [0.717, 1.165) is 19.6 Å². The van der Waals surface area contributed by atoms with Crippen LogP contribution in [0.5, 0.6) is 0 Å². The van der Waals surface area contributed by atoms with E-state index in [1.54, 1.807) is 6.92 Å². The van der Waals surface area contributed by atoms with E-state index >= 15 is 0 Å². The minimum absolute atomic E-state index is 0.221. The SMILES string of the molecule is Cc1ccc(CN2CC(C(C)C(=O)O)C2)cc1C. The molecule has 98 valence electrons. The molecule has 0 bridgehead atoms. The molecule has 18 heavy (non-hydrogen) atoms. The fourth-order valence-corrected chi connectivity index (χ4v) is 2.42. The Hall–Kier alpha value is -1.35. The lowest BCUT2D eigenvalue weighted by Gasteiger charge is -2.41. The first-order valence-electron chi connectivity index (χ1n) is 6.48. The maximum atomic E-state index is 10.9. The molecule has 1 fully saturated rings. The molecule has 0 amide bonds. The van der Waals surface area contributed by atoms with Gasteiger partial charge in [0, 0.05) is 19.6 Å². The molecule has 3 nitrogen and oxygen atoms in total. The quantitative estimate of drug-likeness (QED) is 0.888. The van der Waals surface area contributed by atoms with Gasteiger partial charge >= 0.3 is 5.97 Å². The summed E-state index contributed by atoms with van der Waals surface area (Å²) in [6.45, 7) is 8.79. The number of benzene rings is 1. The molecule has 0 spiro atoms. The fraction of sp³-hybridized carbons (Fsp3) is 0.533. The van der Waals surface area contributed by atoms with Crippen LogP contribution in [-0.4, -0.2) is 29.1 Å². The monoisotopic (exact) mass is 247 g/mol. The molecule has 0 saturated carbocycles. The first kappa shape index (κ1) is 13.1. The molecule has 1 aliphatic rings. The van der Waals surface area contributed by atoms with Crippen molar-refractivity contribution in [1.29, 1.82) is 0 Å². The second-order valence-corrected chi connectivity index (χ2v) is 5.50. The van der Waals surface area contributed by atoms with Crippen molar-refractivity contribution in [2.45, 2.75) is 27.3 Å². The maximum absolute atomic E-state index is 10.9. The molecule has 1 saturated heterocycles. The normalized spacial score (nSPS) is 18.4. The molecule has 1 N–H and O–H groups in total. The summed E-state index contributed by atoms with van der Waals surface area (Å²) in [6, 6.07) is 6.54. The molecule has 1 aromatic carbocycles. The van der Waals surface area contributed by atoms with E-state index in [1.807, 2.05) is 0 Å². The van der Waals surface area contributed by atoms with E-state index in [0.29, 0.717) is 5.92 Å². The summed E-state index contributed by atoms with van der Waals surface area (Å²) in [7, 11) is 0. The summed E-state index contributed by atoms with van der Waals surface area (Å²) in [5.74, 6) is -0.583. The highest BCUT2D eigenvalue weighted by atomic mass is 16.4. The van der Waals surface area contributed by atoms with Crippen molar-refractivity contribution in [2.75, 3.05) is 13.1 Å². The number of hydrogen-bond acceptors (Lipinski definition) is 2. The maximum Gasteiger partial charge on any atom is 0.306 e. The third-order valence-corrected chi connectivity index (χ3v) is 4.06. The lowest BCUT2D eigenvalue weighted by atomic mass is 9.87. The van der Waals surface area contributed by atoms with Gasteiger partial charge in [0.15, 0.2) is 0 Å². The number of aryl methyl sites for hydroxylation is 2. The van der Waals surface area contributed by atoms with Crippen molar-refractivity contribution in [3.8, 4) is 0 Å². The average Bonchev–Trinajstić information content (AvgIpc) is 2.26. The van der Waals surface area contributed by atoms with Crippen LogP contribution >= 0.6 is 0 Å². The number of carboxylic acids is 1. The third-order valence-electron chi connectivity index (χ3n) is 4.06. The van der Waals surface area contributed by atoms with Crippen LogP contribution in [0.3, 0.4) is 0 Å². The Morgan fingerprint density at radius 3 is 2.61 bits per heavy atom. The molecule has 1 unspecified atom stereocenters. The first-order valence-corrected chi connectivity index (χ1v) is 6.48. The fourth-order valence-electron chi connectivity index (χ4n) is 2.42. The highest BCUT2D eigenvalue weighted by Crippen LogP contribution is 2.26. The topological polar surface area (TPSA) is 40.5 Å². The minimum atomic E-state index is -0.675. The zero-order chi connectivity index (χ0) is 13.3. The van der Waals surface area contributed by atoms with E-state index in [9.17, 15) is 4.79 Å². The zero-order valence-electron chi connectivity index (χ0n) is 11.3. The van der Waals surface area contributed by atoms with Crippen LogP contribution in [0.25, 0.3) is 0 Å². The van der Waals surface area contributed by atoms with Crippen molar-refractivity contribution >= 4 is 5.97 Å². The van der Waals surface area contributed by atoms with E-state index in [1.165, 1.54) is 16.7 Å². The summed E-state index contributed by atoms with van der Waals surface area (Å²) in [4.78, 5) is 13.2. The predicted molar refractivity (Wildman–Crippen MR) is 71.5 cm³/mol. The summed E-state index contributed by atoms with van der Waals surface area (Å²) < 4.78 is 0. The number of hydrogen-bond donors (Lipinski definition) is 1. The molecule has 1 aliphatic heterocycles. The van der Waals surface area contributed by atoms with E-state index < -0.39 is 5.97 Å². The number of carbonyl (C=O) groups is 1. The van der Waals surface area contributed by atoms with Gasteiger partial charge in [0.1, 0.15) is 0 Å². The van der Waals surface area contributed by atoms with Crippen LogP contribution in [0.4, 0.5) is 0 Å². The van der Waals surface area contributed by atoms with Crippen LogP contribution in [0.2, 0.25) is 0 Å². The lowest BCUT2D eigenvalue weighted by molar-refractivity contribution is -0.145. The Morgan fingerprint density at radius 2 is 2.06 bits per heavy atom. The molecule has 0 radical (unpaired) electrons. The smallest absolute Gasteiger partial charge is 0.306 e. The number of carboxylic acid groups (broad SMARTS) is 1. The van der Waals surface area contributed by atoms with E-state index in [-0.39, 0.29) is 5.92 Å². The van der Waals surface area contributed by atoms with Gasteiger partial charge in [0.25, 0.3) is 0 Å². The molecule has 0 aromatic heterocycles. The summed E-state index contributed by atoms with van der Waals surface area (Å²) >= 11 is 0. The van der Waals surface area contributed by atoms with Crippen LogP contribution in [0.1, 0.15) is 23.6 Å². The zero-order valence-corrected chi connectivity index (χ0v) is 11.3. The standard InChI is InChI=1S/C15H21NO2/c1-10-4-5-13(6-11(10)2)7-16-8-14(9-16)12(3)15(17)18/h4-6,12,14H,7-9H2,1-3H3,(H,17,18). The Kier molecular flexibility index (Phi) is 3.71. The number of rotatable bonds is 4. The van der Waals surface area contributed by atoms with E-state index in [2.05, 4.69) is 36.9 Å². The Balaban J connectivity index is 1.86. The van der Waals surface area contributed by atoms with Gasteiger partial charge < -0.3 is 5.11 Å². The van der Waals surface area contributed by atoms with Crippen LogP contribution in [-0.2, 0) is 11.3 Å². The molecule has 1 heterocycles. The molecule has 1 aromatic rings. The van der Waals surface area contributed by atoms with Gasteiger partial charge in [0.2, 0.25) is 0 Å². The van der Waals surface area contributed by atoms with Crippen LogP contribution in [0, 0.1) is 25.7 Å². The van der Waals surface area contributed by atoms with Gasteiger partial charge in [-0.2, -0.15) is 0 Å². The molecule has 0 aliphatic carbocycles. The van der Waals surface area contributed by atoms with Gasteiger partial charge in [-0.3, -0.25) is 9.69 Å². The molecular formula is C15H21NO2. The van der Waals surface area contributed by atoms with Crippen molar-refractivity contribution in [2.24, 2.45) is 11.8 Å². The minimum Gasteiger partial charge on any atom is -0.481 e. The Morgan fingerprint density at radius 1 is 1.39 bits per heavy atom. The summed E-state index contributed by atoms with van der Waals surface area (Å²) in [5, 5.41) is 8.94. The lowest BCUT2D eigenvalue weighted by Crippen LogP contribution is -2.50. The molecule has 1 atom stereocenters. The van der Waals surface area contributed by atoms with Gasteiger partial charge in [0.05, 0.1) is 5.92 Å². The van der Waals surface area contributed by atoms with Crippen molar-refractivity contribution in [3.05, 3.63) is 34.9 Å². The van der Waals surface area contributed by atoms with Crippen molar-refractivity contribution in [3.63, 3.8) is 0 Å². The van der Waals surface area contributed by atoms with Crippen LogP contribution < -0.4 is 0 Å². The van der Waals surface area contributed by atoms with Gasteiger partial charge in [-0.05, 0) is 36.5 Å². The largest absolute Gasteiger partial charge is 0.481 e. The third kappa shape index (κ3) is 2.72. The Bertz CT molecular complexity index is 450.